The van der Waals surface area contributed by atoms with Crippen LogP contribution in [0.15, 0.2) is 102 Å². The van der Waals surface area contributed by atoms with E-state index in [-0.39, 0.29) is 24.8 Å². The molecule has 0 heterocycles. The summed E-state index contributed by atoms with van der Waals surface area (Å²) in [4.78, 5) is 29.5. The standard InChI is InChI=1S/C33H36BrN3O4S/c1-24(2)21-35-33(39)31(20-25-10-5-4-6-11-25)36(22-26-16-18-28(34)19-17-26)32(38)23-37(42(3,40)41)30-15-9-13-27-12-7-8-14-29(27)30/h4-19,24,31H,20-23H2,1-3H3,(H,35,39). The number of anilines is 1. The first-order valence-corrected chi connectivity index (χ1v) is 16.5. The Hall–Kier alpha value is -3.69. The summed E-state index contributed by atoms with van der Waals surface area (Å²) in [5.41, 5.74) is 2.12. The van der Waals surface area contributed by atoms with Crippen molar-refractivity contribution in [2.45, 2.75) is 32.9 Å². The molecule has 42 heavy (non-hydrogen) atoms. The van der Waals surface area contributed by atoms with Gasteiger partial charge in [0.15, 0.2) is 0 Å². The van der Waals surface area contributed by atoms with Gasteiger partial charge in [-0.25, -0.2) is 8.42 Å². The van der Waals surface area contributed by atoms with Crippen molar-refractivity contribution in [1.29, 1.82) is 0 Å². The molecule has 4 aromatic carbocycles. The highest BCUT2D eigenvalue weighted by Crippen LogP contribution is 2.29. The van der Waals surface area contributed by atoms with Gasteiger partial charge in [0, 0.05) is 29.4 Å². The molecule has 1 atom stereocenters. The second kappa shape index (κ2) is 14.0. The van der Waals surface area contributed by atoms with Crippen LogP contribution in [-0.2, 0) is 32.6 Å². The van der Waals surface area contributed by atoms with Crippen molar-refractivity contribution in [3.8, 4) is 0 Å². The fraction of sp³-hybridized carbons (Fsp3) is 0.273. The van der Waals surface area contributed by atoms with Crippen LogP contribution in [-0.4, -0.2) is 50.5 Å². The molecule has 1 unspecified atom stereocenters. The first-order valence-electron chi connectivity index (χ1n) is 13.8. The average Bonchev–Trinajstić information content (AvgIpc) is 2.97. The van der Waals surface area contributed by atoms with Gasteiger partial charge in [-0.15, -0.1) is 0 Å². The summed E-state index contributed by atoms with van der Waals surface area (Å²) in [6.07, 6.45) is 1.37. The monoisotopic (exact) mass is 649 g/mol. The topological polar surface area (TPSA) is 86.8 Å². The third-order valence-electron chi connectivity index (χ3n) is 6.94. The van der Waals surface area contributed by atoms with Crippen molar-refractivity contribution in [2.24, 2.45) is 5.92 Å². The fourth-order valence-corrected chi connectivity index (χ4v) is 5.91. The van der Waals surface area contributed by atoms with Crippen molar-refractivity contribution < 1.29 is 18.0 Å². The van der Waals surface area contributed by atoms with E-state index in [1.54, 1.807) is 12.1 Å². The van der Waals surface area contributed by atoms with E-state index in [0.717, 1.165) is 31.5 Å². The van der Waals surface area contributed by atoms with Gasteiger partial charge >= 0.3 is 0 Å². The Labute approximate surface area is 256 Å². The smallest absolute Gasteiger partial charge is 0.244 e. The van der Waals surface area contributed by atoms with E-state index in [0.29, 0.717) is 17.6 Å². The molecule has 2 amide bonds. The molecule has 7 nitrogen and oxygen atoms in total. The Morgan fingerprint density at radius 3 is 2.14 bits per heavy atom. The van der Waals surface area contributed by atoms with Gasteiger partial charge in [0.1, 0.15) is 12.6 Å². The normalized spacial score (nSPS) is 12.2. The van der Waals surface area contributed by atoms with Gasteiger partial charge in [-0.3, -0.25) is 13.9 Å². The van der Waals surface area contributed by atoms with E-state index in [1.807, 2.05) is 98.8 Å². The zero-order valence-corrected chi connectivity index (χ0v) is 26.4. The van der Waals surface area contributed by atoms with Crippen LogP contribution in [0.5, 0.6) is 0 Å². The maximum atomic E-state index is 14.3. The second-order valence-electron chi connectivity index (χ2n) is 10.8. The number of carbonyl (C=O) groups is 2. The van der Waals surface area contributed by atoms with E-state index in [2.05, 4.69) is 21.2 Å². The second-order valence-corrected chi connectivity index (χ2v) is 13.6. The van der Waals surface area contributed by atoms with Gasteiger partial charge in [0.2, 0.25) is 21.8 Å². The molecule has 9 heteroatoms. The highest BCUT2D eigenvalue weighted by atomic mass is 79.9. The van der Waals surface area contributed by atoms with Crippen molar-refractivity contribution in [1.82, 2.24) is 10.2 Å². The Kier molecular flexibility index (Phi) is 10.4. The molecule has 0 spiro atoms. The van der Waals surface area contributed by atoms with Gasteiger partial charge < -0.3 is 10.2 Å². The molecule has 4 aromatic rings. The van der Waals surface area contributed by atoms with E-state index in [4.69, 9.17) is 0 Å². The summed E-state index contributed by atoms with van der Waals surface area (Å²) in [5, 5.41) is 4.57. The van der Waals surface area contributed by atoms with Gasteiger partial charge in [0.05, 0.1) is 11.9 Å². The third-order valence-corrected chi connectivity index (χ3v) is 8.59. The van der Waals surface area contributed by atoms with Crippen LogP contribution in [0.2, 0.25) is 0 Å². The van der Waals surface area contributed by atoms with Crippen LogP contribution in [0.4, 0.5) is 5.69 Å². The predicted molar refractivity (Wildman–Crippen MR) is 173 cm³/mol. The summed E-state index contributed by atoms with van der Waals surface area (Å²) >= 11 is 3.45. The number of amides is 2. The molecule has 0 radical (unpaired) electrons. The lowest BCUT2D eigenvalue weighted by molar-refractivity contribution is -0.140. The third kappa shape index (κ3) is 8.20. The largest absolute Gasteiger partial charge is 0.354 e. The molecule has 220 valence electrons. The number of benzene rings is 4. The first-order chi connectivity index (χ1) is 20.0. The molecule has 0 saturated carbocycles. The van der Waals surface area contributed by atoms with E-state index in [9.17, 15) is 18.0 Å². The summed E-state index contributed by atoms with van der Waals surface area (Å²) < 4.78 is 28.4. The van der Waals surface area contributed by atoms with E-state index >= 15 is 0 Å². The van der Waals surface area contributed by atoms with Crippen molar-refractivity contribution in [3.63, 3.8) is 0 Å². The Morgan fingerprint density at radius 2 is 1.48 bits per heavy atom. The molecule has 0 aliphatic carbocycles. The van der Waals surface area contributed by atoms with E-state index < -0.39 is 28.5 Å². The molecular formula is C33H36BrN3O4S. The highest BCUT2D eigenvalue weighted by Gasteiger charge is 2.33. The summed E-state index contributed by atoms with van der Waals surface area (Å²) in [6.45, 7) is 4.14. The van der Waals surface area contributed by atoms with Crippen molar-refractivity contribution >= 4 is 54.2 Å². The zero-order chi connectivity index (χ0) is 30.3. The Bertz CT molecular complexity index is 1620. The summed E-state index contributed by atoms with van der Waals surface area (Å²) in [7, 11) is -3.86. The first kappa shape index (κ1) is 31.3. The summed E-state index contributed by atoms with van der Waals surface area (Å²) in [5.74, 6) is -0.542. The van der Waals surface area contributed by atoms with Gasteiger partial charge in [-0.2, -0.15) is 0 Å². The van der Waals surface area contributed by atoms with Crippen molar-refractivity contribution in [2.75, 3.05) is 23.7 Å². The molecule has 0 saturated heterocycles. The lowest BCUT2D eigenvalue weighted by atomic mass is 10.0. The quantitative estimate of drug-likeness (QED) is 0.211. The van der Waals surface area contributed by atoms with Crippen LogP contribution >= 0.6 is 15.9 Å². The lowest BCUT2D eigenvalue weighted by Gasteiger charge is -2.34. The number of nitrogens with one attached hydrogen (secondary N) is 1. The average molecular weight is 651 g/mol. The number of rotatable bonds is 12. The van der Waals surface area contributed by atoms with Crippen molar-refractivity contribution in [3.05, 3.63) is 113 Å². The number of hydrogen-bond acceptors (Lipinski definition) is 4. The number of carbonyl (C=O) groups excluding carboxylic acids is 2. The SMILES string of the molecule is CC(C)CNC(=O)C(Cc1ccccc1)N(Cc1ccc(Br)cc1)C(=O)CN(c1cccc2ccccc12)S(C)(=O)=O. The number of fused-ring (bicyclic) bond motifs is 1. The maximum Gasteiger partial charge on any atom is 0.244 e. The number of sulfonamides is 1. The minimum absolute atomic E-state index is 0.131. The fourth-order valence-electron chi connectivity index (χ4n) is 4.78. The Morgan fingerprint density at radius 1 is 0.833 bits per heavy atom. The lowest BCUT2D eigenvalue weighted by Crippen LogP contribution is -2.53. The predicted octanol–water partition coefficient (Wildman–Crippen LogP) is 5.78. The van der Waals surface area contributed by atoms with Gasteiger partial charge in [0.25, 0.3) is 0 Å². The molecule has 0 aliphatic heterocycles. The molecule has 1 N–H and O–H groups in total. The van der Waals surface area contributed by atoms with Gasteiger partial charge in [-0.1, -0.05) is 109 Å². The Balaban J connectivity index is 1.77. The van der Waals surface area contributed by atoms with Crippen LogP contribution in [0.3, 0.4) is 0 Å². The molecule has 0 bridgehead atoms. The number of nitrogens with zero attached hydrogens (tertiary/aromatic N) is 2. The van der Waals surface area contributed by atoms with Gasteiger partial charge in [-0.05, 0) is 40.6 Å². The minimum Gasteiger partial charge on any atom is -0.354 e. The molecule has 4 rings (SSSR count). The molecular weight excluding hydrogens is 614 g/mol. The molecule has 0 aromatic heterocycles. The minimum atomic E-state index is -3.86. The molecule has 0 fully saturated rings. The van der Waals surface area contributed by atoms with Crippen LogP contribution < -0.4 is 9.62 Å². The number of hydrogen-bond donors (Lipinski definition) is 1. The van der Waals surface area contributed by atoms with Crippen LogP contribution in [0, 0.1) is 5.92 Å². The highest BCUT2D eigenvalue weighted by molar-refractivity contribution is 9.10. The summed E-state index contributed by atoms with van der Waals surface area (Å²) in [6, 6.07) is 29.0. The number of halogens is 1. The zero-order valence-electron chi connectivity index (χ0n) is 24.0. The van der Waals surface area contributed by atoms with Crippen LogP contribution in [0.25, 0.3) is 10.8 Å². The maximum absolute atomic E-state index is 14.3. The van der Waals surface area contributed by atoms with E-state index in [1.165, 1.54) is 4.90 Å². The van der Waals surface area contributed by atoms with Crippen LogP contribution in [0.1, 0.15) is 25.0 Å². The molecule has 0 aliphatic rings.